The van der Waals surface area contributed by atoms with E-state index in [1.54, 1.807) is 7.11 Å². The van der Waals surface area contributed by atoms with Gasteiger partial charge in [-0.05, 0) is 6.07 Å². The molecule has 0 heterocycles. The summed E-state index contributed by atoms with van der Waals surface area (Å²) in [5.74, 6) is 0.915. The number of benzene rings is 2. The smallest absolute Gasteiger partial charge is 0.505 e. The zero-order chi connectivity index (χ0) is 16.5. The van der Waals surface area contributed by atoms with Gasteiger partial charge in [0, 0.05) is 0 Å². The Morgan fingerprint density at radius 3 is 2.19 bits per heavy atom. The van der Waals surface area contributed by atoms with E-state index in [2.05, 4.69) is 54.6 Å². The molecule has 137 valence electrons. The molecule has 4 rings (SSSR count). The van der Waals surface area contributed by atoms with E-state index in [4.69, 9.17) is 4.74 Å². The zero-order valence-corrected chi connectivity index (χ0v) is 19.5. The van der Waals surface area contributed by atoms with Crippen LogP contribution in [0.2, 0.25) is 0 Å². The molecule has 0 atom stereocenters. The summed E-state index contributed by atoms with van der Waals surface area (Å²) in [5.41, 5.74) is 0. The molecule has 0 aromatic heterocycles. The molecule has 4 heteroatoms. The minimum Gasteiger partial charge on any atom is -0.505 e. The van der Waals surface area contributed by atoms with Crippen molar-refractivity contribution in [1.82, 2.24) is 0 Å². The first kappa shape index (κ1) is 27.3. The Morgan fingerprint density at radius 1 is 1.00 bits per heavy atom. The first-order valence-electron chi connectivity index (χ1n) is 7.88. The van der Waals surface area contributed by atoms with Crippen LogP contribution in [0.15, 0.2) is 66.8 Å². The van der Waals surface area contributed by atoms with E-state index in [1.165, 1.54) is 21.5 Å². The van der Waals surface area contributed by atoms with Gasteiger partial charge in [-0.25, -0.2) is 12.2 Å². The molecule has 1 aliphatic rings. The largest absolute Gasteiger partial charge is 3.00 e. The Labute approximate surface area is 188 Å². The molecule has 0 saturated heterocycles. The molecule has 0 aliphatic heterocycles. The second kappa shape index (κ2) is 15.1. The Bertz CT molecular complexity index is 796. The fraction of sp³-hybridized carbons (Fsp3) is 0.182. The van der Waals surface area contributed by atoms with E-state index in [-0.39, 0.29) is 51.0 Å². The van der Waals surface area contributed by atoms with Gasteiger partial charge < -0.3 is 11.2 Å². The normalized spacial score (nSPS) is 10.4. The molecule has 0 saturated carbocycles. The third-order valence-corrected chi connectivity index (χ3v) is 3.41. The molecular formula is C22H25Cl2OZr. The van der Waals surface area contributed by atoms with Crippen molar-refractivity contribution in [1.29, 1.82) is 0 Å². The standard InChI is InChI=1S/C14H11O.C5H5.C3H7.2ClH.Zr/c1-15-12-6-7-14-11(9-12)8-10-4-2-3-5-13(10)14;1-2-4-5-3-1;1-3-2;;;/h2-9H,1H3;1-3H,4H2;3H,1-2H3;2*1H;/q3*-1;;;+3. The molecule has 0 spiro atoms. The van der Waals surface area contributed by atoms with Crippen molar-refractivity contribution >= 4 is 46.4 Å². The van der Waals surface area contributed by atoms with Crippen LogP contribution >= 0.6 is 24.8 Å². The van der Waals surface area contributed by atoms with Gasteiger partial charge in [-0.15, -0.1) is 64.9 Å². The van der Waals surface area contributed by atoms with Crippen LogP contribution in [0, 0.1) is 12.5 Å². The Balaban J connectivity index is 0. The van der Waals surface area contributed by atoms with E-state index in [9.17, 15) is 0 Å². The van der Waals surface area contributed by atoms with Gasteiger partial charge in [-0.2, -0.15) is 19.9 Å². The van der Waals surface area contributed by atoms with Crippen LogP contribution in [-0.2, 0) is 26.2 Å². The second-order valence-electron chi connectivity index (χ2n) is 5.27. The fourth-order valence-corrected chi connectivity index (χ4v) is 2.41. The van der Waals surface area contributed by atoms with Gasteiger partial charge in [0.2, 0.25) is 0 Å². The monoisotopic (exact) mass is 465 g/mol. The van der Waals surface area contributed by atoms with Gasteiger partial charge in [-0.1, -0.05) is 30.3 Å². The van der Waals surface area contributed by atoms with E-state index >= 15 is 0 Å². The van der Waals surface area contributed by atoms with Crippen LogP contribution in [0.1, 0.15) is 20.3 Å². The predicted molar refractivity (Wildman–Crippen MR) is 115 cm³/mol. The number of allylic oxidation sites excluding steroid dienone is 4. The number of fused-ring (bicyclic) bond motifs is 3. The van der Waals surface area contributed by atoms with E-state index in [0.717, 1.165) is 12.2 Å². The summed E-state index contributed by atoms with van der Waals surface area (Å²) in [7, 11) is 1.70. The van der Waals surface area contributed by atoms with Gasteiger partial charge in [0.1, 0.15) is 0 Å². The van der Waals surface area contributed by atoms with Gasteiger partial charge >= 0.3 is 26.2 Å². The fourth-order valence-electron chi connectivity index (χ4n) is 2.41. The summed E-state index contributed by atoms with van der Waals surface area (Å²) in [6, 6.07) is 16.9. The molecule has 1 radical (unpaired) electrons. The molecule has 1 aliphatic carbocycles. The summed E-state index contributed by atoms with van der Waals surface area (Å²) < 4.78 is 5.22. The quantitative estimate of drug-likeness (QED) is 0.347. The molecule has 0 N–H and O–H groups in total. The number of ether oxygens (including phenoxy) is 1. The van der Waals surface area contributed by atoms with Gasteiger partial charge in [0.05, 0.1) is 12.9 Å². The maximum atomic E-state index is 5.22. The molecule has 0 amide bonds. The van der Waals surface area contributed by atoms with Crippen molar-refractivity contribution in [3.8, 4) is 5.75 Å². The van der Waals surface area contributed by atoms with Crippen LogP contribution in [0.4, 0.5) is 0 Å². The zero-order valence-electron chi connectivity index (χ0n) is 15.4. The molecular weight excluding hydrogens is 442 g/mol. The molecule has 26 heavy (non-hydrogen) atoms. The minimum atomic E-state index is 0. The summed E-state index contributed by atoms with van der Waals surface area (Å²) in [4.78, 5) is 0. The first-order valence-corrected chi connectivity index (χ1v) is 7.88. The average molecular weight is 468 g/mol. The topological polar surface area (TPSA) is 9.23 Å². The van der Waals surface area contributed by atoms with Crippen molar-refractivity contribution in [3.63, 3.8) is 0 Å². The van der Waals surface area contributed by atoms with E-state index < -0.39 is 0 Å². The van der Waals surface area contributed by atoms with E-state index in [1.807, 2.05) is 38.5 Å². The van der Waals surface area contributed by atoms with Crippen molar-refractivity contribution in [2.75, 3.05) is 7.11 Å². The van der Waals surface area contributed by atoms with Crippen molar-refractivity contribution in [2.24, 2.45) is 0 Å². The predicted octanol–water partition coefficient (Wildman–Crippen LogP) is 7.10. The third-order valence-electron chi connectivity index (χ3n) is 3.41. The van der Waals surface area contributed by atoms with Crippen molar-refractivity contribution in [2.45, 2.75) is 20.3 Å². The summed E-state index contributed by atoms with van der Waals surface area (Å²) in [6.45, 7) is 4.00. The van der Waals surface area contributed by atoms with Crippen LogP contribution < -0.4 is 4.74 Å². The van der Waals surface area contributed by atoms with Gasteiger partial charge in [0.25, 0.3) is 0 Å². The molecule has 1 nitrogen and oxygen atoms in total. The number of rotatable bonds is 1. The Hall–Kier alpha value is -0.947. The first-order chi connectivity index (χ1) is 11.3. The van der Waals surface area contributed by atoms with E-state index in [0.29, 0.717) is 0 Å². The van der Waals surface area contributed by atoms with Crippen LogP contribution in [0.3, 0.4) is 0 Å². The number of hydrogen-bond acceptors (Lipinski definition) is 1. The SMILES string of the molecule is COc1ccc2c(c1)[cH-]c1ccccc12.C[CH-]C.Cl.Cl.[C-]1=CC=CC1.[Zr+3]. The van der Waals surface area contributed by atoms with Crippen LogP contribution in [-0.4, -0.2) is 7.11 Å². The van der Waals surface area contributed by atoms with Crippen LogP contribution in [0.5, 0.6) is 5.75 Å². The molecule has 0 fully saturated rings. The van der Waals surface area contributed by atoms with Crippen LogP contribution in [0.25, 0.3) is 21.5 Å². The maximum Gasteiger partial charge on any atom is 3.00 e. The minimum absolute atomic E-state index is 0. The van der Waals surface area contributed by atoms with Gasteiger partial charge in [-0.3, -0.25) is 6.08 Å². The number of halogens is 2. The molecule has 0 bridgehead atoms. The summed E-state index contributed by atoms with van der Waals surface area (Å²) in [6.07, 6.45) is 12.0. The Morgan fingerprint density at radius 2 is 1.65 bits per heavy atom. The van der Waals surface area contributed by atoms with Gasteiger partial charge in [0.15, 0.2) is 0 Å². The number of methoxy groups -OCH3 is 1. The second-order valence-corrected chi connectivity index (χ2v) is 5.27. The number of hydrogen-bond donors (Lipinski definition) is 0. The third kappa shape index (κ3) is 7.74. The average Bonchev–Trinajstić information content (AvgIpc) is 3.26. The molecule has 3 aromatic rings. The summed E-state index contributed by atoms with van der Waals surface area (Å²) in [5, 5.41) is 5.15. The maximum absolute atomic E-state index is 5.22. The van der Waals surface area contributed by atoms with Crippen molar-refractivity contribution < 1.29 is 30.9 Å². The Kier molecular flexibility index (Phi) is 15.9. The summed E-state index contributed by atoms with van der Waals surface area (Å²) >= 11 is 0. The molecule has 0 unspecified atom stereocenters. The van der Waals surface area contributed by atoms with Crippen molar-refractivity contribution in [3.05, 3.63) is 79.3 Å². The molecule has 3 aromatic carbocycles.